The molecule has 0 N–H and O–H groups in total. The molecule has 0 atom stereocenters. The van der Waals surface area contributed by atoms with Gasteiger partial charge in [0.2, 0.25) is 0 Å². The van der Waals surface area contributed by atoms with Gasteiger partial charge in [0.05, 0.1) is 0 Å². The molecule has 0 saturated heterocycles. The maximum Gasteiger partial charge on any atom is 0.369 e. The van der Waals surface area contributed by atoms with Gasteiger partial charge < -0.3 is 8.85 Å². The second kappa shape index (κ2) is 4.79. The summed E-state index contributed by atoms with van der Waals surface area (Å²) < 4.78 is 11.1. The van der Waals surface area contributed by atoms with Crippen LogP contribution in [-0.2, 0) is 8.85 Å². The molecule has 0 fully saturated rings. The summed E-state index contributed by atoms with van der Waals surface area (Å²) in [6.07, 6.45) is 2.08. The van der Waals surface area contributed by atoms with Crippen molar-refractivity contribution in [2.75, 3.05) is 14.2 Å². The minimum Gasteiger partial charge on any atom is -0.394 e. The highest BCUT2D eigenvalue weighted by Gasteiger charge is 2.41. The number of allylic oxidation sites excluding steroid dienone is 2. The first-order chi connectivity index (χ1) is 5.55. The average molecular weight is 188 g/mol. The summed E-state index contributed by atoms with van der Waals surface area (Å²) in [7, 11) is 1.41. The normalized spacial score (nSPS) is 14.1. The third-order valence-electron chi connectivity index (χ3n) is 2.35. The first-order valence-corrected chi connectivity index (χ1v) is 6.18. The Morgan fingerprint density at radius 3 is 1.75 bits per heavy atom. The van der Waals surface area contributed by atoms with Crippen LogP contribution in [0.2, 0.25) is 5.54 Å². The molecule has 0 rings (SSSR count). The largest absolute Gasteiger partial charge is 0.394 e. The lowest BCUT2D eigenvalue weighted by molar-refractivity contribution is 0.243. The van der Waals surface area contributed by atoms with Crippen molar-refractivity contribution >= 4 is 8.56 Å². The van der Waals surface area contributed by atoms with E-state index in [1.807, 2.05) is 6.92 Å². The molecular formula is C9H20O2Si. The molecule has 12 heavy (non-hydrogen) atoms. The van der Waals surface area contributed by atoms with Crippen LogP contribution < -0.4 is 0 Å². The van der Waals surface area contributed by atoms with Crippen LogP contribution in [0.25, 0.3) is 0 Å². The molecule has 0 heterocycles. The Morgan fingerprint density at radius 2 is 1.67 bits per heavy atom. The van der Waals surface area contributed by atoms with Gasteiger partial charge in [-0.05, 0) is 19.0 Å². The fourth-order valence-electron chi connectivity index (χ4n) is 1.53. The van der Waals surface area contributed by atoms with Crippen LogP contribution in [0.4, 0.5) is 0 Å². The SMILES string of the molecule is CC=C(C)[Si](OC)(OC)C(C)C. The average Bonchev–Trinajstić information content (AvgIpc) is 2.06. The second-order valence-corrected chi connectivity index (χ2v) is 7.30. The van der Waals surface area contributed by atoms with Crippen molar-refractivity contribution in [3.8, 4) is 0 Å². The summed E-state index contributed by atoms with van der Waals surface area (Å²) in [5, 5.41) is 1.25. The summed E-state index contributed by atoms with van der Waals surface area (Å²) in [5.74, 6) is 0. The van der Waals surface area contributed by atoms with Gasteiger partial charge in [0.25, 0.3) is 0 Å². The minimum absolute atomic E-state index is 0.448. The predicted octanol–water partition coefficient (Wildman–Crippen LogP) is 2.64. The molecule has 72 valence electrons. The highest BCUT2D eigenvalue weighted by Crippen LogP contribution is 2.28. The Morgan fingerprint density at radius 1 is 1.25 bits per heavy atom. The quantitative estimate of drug-likeness (QED) is 0.631. The highest BCUT2D eigenvalue weighted by molar-refractivity contribution is 6.76. The van der Waals surface area contributed by atoms with E-state index in [0.29, 0.717) is 5.54 Å². The molecule has 0 aliphatic heterocycles. The van der Waals surface area contributed by atoms with E-state index < -0.39 is 8.56 Å². The lowest BCUT2D eigenvalue weighted by Gasteiger charge is -2.31. The lowest BCUT2D eigenvalue weighted by atomic mass is 10.5. The molecule has 3 heteroatoms. The zero-order valence-electron chi connectivity index (χ0n) is 8.97. The molecule has 2 nitrogen and oxygen atoms in total. The van der Waals surface area contributed by atoms with Crippen molar-refractivity contribution in [1.82, 2.24) is 0 Å². The second-order valence-electron chi connectivity index (χ2n) is 3.20. The summed E-state index contributed by atoms with van der Waals surface area (Å²) in [6.45, 7) is 8.40. The van der Waals surface area contributed by atoms with Crippen LogP contribution in [0, 0.1) is 0 Å². The summed E-state index contributed by atoms with van der Waals surface area (Å²) in [6, 6.07) is 0. The van der Waals surface area contributed by atoms with Crippen molar-refractivity contribution in [3.63, 3.8) is 0 Å². The Hall–Kier alpha value is -0.123. The lowest BCUT2D eigenvalue weighted by Crippen LogP contribution is -2.45. The molecule has 0 aromatic carbocycles. The first-order valence-electron chi connectivity index (χ1n) is 4.28. The smallest absolute Gasteiger partial charge is 0.369 e. The van der Waals surface area contributed by atoms with Crippen LogP contribution in [0.1, 0.15) is 27.7 Å². The Bertz CT molecular complexity index is 160. The summed E-state index contributed by atoms with van der Waals surface area (Å²) in [4.78, 5) is 0. The van der Waals surface area contributed by atoms with Gasteiger partial charge in [-0.25, -0.2) is 0 Å². The van der Waals surface area contributed by atoms with Gasteiger partial charge >= 0.3 is 8.56 Å². The molecule has 0 spiro atoms. The molecule has 0 aromatic heterocycles. The first kappa shape index (κ1) is 11.9. The highest BCUT2D eigenvalue weighted by atomic mass is 28.4. The molecule has 0 radical (unpaired) electrons. The Kier molecular flexibility index (Phi) is 4.75. The summed E-state index contributed by atoms with van der Waals surface area (Å²) >= 11 is 0. The number of hydrogen-bond acceptors (Lipinski definition) is 2. The predicted molar refractivity (Wildman–Crippen MR) is 54.3 cm³/mol. The van der Waals surface area contributed by atoms with E-state index in [1.165, 1.54) is 5.20 Å². The van der Waals surface area contributed by atoms with Crippen LogP contribution in [0.3, 0.4) is 0 Å². The van der Waals surface area contributed by atoms with Gasteiger partial charge in [-0.2, -0.15) is 0 Å². The van der Waals surface area contributed by atoms with Crippen molar-refractivity contribution in [2.45, 2.75) is 33.2 Å². The fourth-order valence-corrected chi connectivity index (χ4v) is 4.60. The third-order valence-corrected chi connectivity index (χ3v) is 6.47. The van der Waals surface area contributed by atoms with Crippen molar-refractivity contribution in [1.29, 1.82) is 0 Å². The van der Waals surface area contributed by atoms with E-state index >= 15 is 0 Å². The fraction of sp³-hybridized carbons (Fsp3) is 0.778. The molecule has 0 bridgehead atoms. The maximum atomic E-state index is 5.55. The Labute approximate surface area is 76.8 Å². The monoisotopic (exact) mass is 188 g/mol. The molecule has 0 aliphatic carbocycles. The van der Waals surface area contributed by atoms with E-state index in [9.17, 15) is 0 Å². The zero-order chi connectivity index (χ0) is 9.78. The van der Waals surface area contributed by atoms with Crippen molar-refractivity contribution in [3.05, 3.63) is 11.3 Å². The van der Waals surface area contributed by atoms with Crippen LogP contribution in [0.5, 0.6) is 0 Å². The molecule has 0 aliphatic rings. The topological polar surface area (TPSA) is 18.5 Å². The number of hydrogen-bond donors (Lipinski definition) is 0. The maximum absolute atomic E-state index is 5.55. The van der Waals surface area contributed by atoms with Crippen molar-refractivity contribution in [2.24, 2.45) is 0 Å². The van der Waals surface area contributed by atoms with E-state index in [1.54, 1.807) is 14.2 Å². The van der Waals surface area contributed by atoms with Crippen LogP contribution in [0.15, 0.2) is 11.3 Å². The van der Waals surface area contributed by atoms with Gasteiger partial charge in [0.15, 0.2) is 0 Å². The van der Waals surface area contributed by atoms with Gasteiger partial charge in [-0.1, -0.05) is 19.9 Å². The van der Waals surface area contributed by atoms with E-state index in [4.69, 9.17) is 8.85 Å². The Balaban J connectivity index is 4.82. The van der Waals surface area contributed by atoms with E-state index in [-0.39, 0.29) is 0 Å². The van der Waals surface area contributed by atoms with Crippen LogP contribution >= 0.6 is 0 Å². The van der Waals surface area contributed by atoms with E-state index in [2.05, 4.69) is 26.8 Å². The molecule has 0 aromatic rings. The molecular weight excluding hydrogens is 168 g/mol. The van der Waals surface area contributed by atoms with Gasteiger partial charge in [-0.15, -0.1) is 0 Å². The van der Waals surface area contributed by atoms with E-state index in [0.717, 1.165) is 0 Å². The van der Waals surface area contributed by atoms with Crippen molar-refractivity contribution < 1.29 is 8.85 Å². The molecule has 0 amide bonds. The van der Waals surface area contributed by atoms with Crippen LogP contribution in [-0.4, -0.2) is 22.8 Å². The van der Waals surface area contributed by atoms with Gasteiger partial charge in [0, 0.05) is 19.8 Å². The molecule has 0 saturated carbocycles. The van der Waals surface area contributed by atoms with Gasteiger partial charge in [0.1, 0.15) is 0 Å². The minimum atomic E-state index is -2.06. The van der Waals surface area contributed by atoms with Gasteiger partial charge in [-0.3, -0.25) is 0 Å². The standard InChI is InChI=1S/C9H20O2Si/c1-7-9(4)12(10-5,11-6)8(2)3/h7-8H,1-6H3. The zero-order valence-corrected chi connectivity index (χ0v) is 9.97. The third kappa shape index (κ3) is 1.97. The summed E-state index contributed by atoms with van der Waals surface area (Å²) in [5.41, 5.74) is 0.448. The molecule has 0 unspecified atom stereocenters. The number of rotatable bonds is 4.